The lowest BCUT2D eigenvalue weighted by Crippen LogP contribution is -2.41. The number of rotatable bonds is 6. The zero-order chi connectivity index (χ0) is 15.0. The van der Waals surface area contributed by atoms with Crippen molar-refractivity contribution in [2.45, 2.75) is 20.4 Å². The Morgan fingerprint density at radius 2 is 1.85 bits per heavy atom. The molecule has 0 bridgehead atoms. The molecule has 0 unspecified atom stereocenters. The zero-order valence-electron chi connectivity index (χ0n) is 13.5. The van der Waals surface area contributed by atoms with Crippen LogP contribution in [0.1, 0.15) is 18.1 Å². The molecule has 0 amide bonds. The molecule has 112 valence electrons. The molecule has 0 saturated heterocycles. The van der Waals surface area contributed by atoms with Crippen LogP contribution in [0.3, 0.4) is 0 Å². The Bertz CT molecular complexity index is 411. The second kappa shape index (κ2) is 8.59. The highest BCUT2D eigenvalue weighted by atomic mass is 15.3. The average molecular weight is 276 g/mol. The van der Waals surface area contributed by atoms with Crippen LogP contribution < -0.4 is 5.32 Å². The van der Waals surface area contributed by atoms with Gasteiger partial charge in [0.15, 0.2) is 5.96 Å². The molecule has 0 aliphatic heterocycles. The maximum atomic E-state index is 4.34. The van der Waals surface area contributed by atoms with Gasteiger partial charge in [-0.1, -0.05) is 36.8 Å². The standard InChI is InChI=1S/C16H28N4/c1-6-19(4)12-11-18-16(17-3)20(5)13-15-9-7-14(2)8-10-15/h7-10H,6,11-13H2,1-5H3,(H,17,18). The van der Waals surface area contributed by atoms with Gasteiger partial charge in [-0.2, -0.15) is 0 Å². The maximum Gasteiger partial charge on any atom is 0.193 e. The Labute approximate surface area is 123 Å². The fraction of sp³-hybridized carbons (Fsp3) is 0.562. The van der Waals surface area contributed by atoms with Crippen molar-refractivity contribution < 1.29 is 0 Å². The van der Waals surface area contributed by atoms with Gasteiger partial charge in [0.2, 0.25) is 0 Å². The number of aliphatic imine (C=N–C) groups is 1. The Morgan fingerprint density at radius 1 is 1.20 bits per heavy atom. The van der Waals surface area contributed by atoms with E-state index in [-0.39, 0.29) is 0 Å². The minimum atomic E-state index is 0.865. The monoisotopic (exact) mass is 276 g/mol. The predicted octanol–water partition coefficient (Wildman–Crippen LogP) is 1.95. The van der Waals surface area contributed by atoms with Crippen LogP contribution in [0.5, 0.6) is 0 Å². The molecule has 0 fully saturated rings. The van der Waals surface area contributed by atoms with Gasteiger partial charge in [-0.25, -0.2) is 0 Å². The molecule has 20 heavy (non-hydrogen) atoms. The number of benzene rings is 1. The molecule has 0 spiro atoms. The average Bonchev–Trinajstić information content (AvgIpc) is 2.45. The van der Waals surface area contributed by atoms with Crippen molar-refractivity contribution in [3.8, 4) is 0 Å². The summed E-state index contributed by atoms with van der Waals surface area (Å²) in [6.07, 6.45) is 0. The molecular weight excluding hydrogens is 248 g/mol. The maximum absolute atomic E-state index is 4.34. The first-order valence-corrected chi connectivity index (χ1v) is 7.22. The molecule has 0 aliphatic rings. The SMILES string of the molecule is CCN(C)CCNC(=NC)N(C)Cc1ccc(C)cc1. The number of nitrogens with zero attached hydrogens (tertiary/aromatic N) is 3. The van der Waals surface area contributed by atoms with Gasteiger partial charge in [-0.3, -0.25) is 4.99 Å². The van der Waals surface area contributed by atoms with Gasteiger partial charge in [0, 0.05) is 33.7 Å². The van der Waals surface area contributed by atoms with Gasteiger partial charge in [0.25, 0.3) is 0 Å². The third kappa shape index (κ3) is 5.61. The molecule has 1 aromatic rings. The highest BCUT2D eigenvalue weighted by molar-refractivity contribution is 5.79. The summed E-state index contributed by atoms with van der Waals surface area (Å²) in [4.78, 5) is 8.76. The highest BCUT2D eigenvalue weighted by Gasteiger charge is 2.06. The Morgan fingerprint density at radius 3 is 2.40 bits per heavy atom. The van der Waals surface area contributed by atoms with Crippen molar-refractivity contribution >= 4 is 5.96 Å². The molecule has 0 atom stereocenters. The Kier molecular flexibility index (Phi) is 7.09. The smallest absolute Gasteiger partial charge is 0.193 e. The van der Waals surface area contributed by atoms with E-state index in [2.05, 4.69) is 72.3 Å². The fourth-order valence-electron chi connectivity index (χ4n) is 1.94. The van der Waals surface area contributed by atoms with Crippen LogP contribution in [0.2, 0.25) is 0 Å². The van der Waals surface area contributed by atoms with Gasteiger partial charge < -0.3 is 15.1 Å². The summed E-state index contributed by atoms with van der Waals surface area (Å²) in [5, 5.41) is 3.40. The van der Waals surface area contributed by atoms with Crippen molar-refractivity contribution in [2.75, 3.05) is 40.8 Å². The summed E-state index contributed by atoms with van der Waals surface area (Å²) in [7, 11) is 6.02. The van der Waals surface area contributed by atoms with Crippen molar-refractivity contribution in [3.63, 3.8) is 0 Å². The number of hydrogen-bond donors (Lipinski definition) is 1. The summed E-state index contributed by atoms with van der Waals surface area (Å²) < 4.78 is 0. The third-order valence-corrected chi connectivity index (χ3v) is 3.43. The van der Waals surface area contributed by atoms with Gasteiger partial charge in [-0.05, 0) is 26.1 Å². The fourth-order valence-corrected chi connectivity index (χ4v) is 1.94. The van der Waals surface area contributed by atoms with Gasteiger partial charge in [0.05, 0.1) is 0 Å². The first kappa shape index (κ1) is 16.5. The number of aryl methyl sites for hydroxylation is 1. The molecule has 0 saturated carbocycles. The van der Waals surface area contributed by atoms with Crippen LogP contribution >= 0.6 is 0 Å². The normalized spacial score (nSPS) is 11.8. The summed E-state index contributed by atoms with van der Waals surface area (Å²) in [6.45, 7) is 8.14. The van der Waals surface area contributed by atoms with Crippen molar-refractivity contribution in [1.29, 1.82) is 0 Å². The first-order valence-electron chi connectivity index (χ1n) is 7.22. The molecule has 0 heterocycles. The molecular formula is C16H28N4. The first-order chi connectivity index (χ1) is 9.56. The van der Waals surface area contributed by atoms with E-state index in [1.54, 1.807) is 0 Å². The summed E-state index contributed by atoms with van der Waals surface area (Å²) >= 11 is 0. The van der Waals surface area contributed by atoms with Gasteiger partial charge in [-0.15, -0.1) is 0 Å². The van der Waals surface area contributed by atoms with Gasteiger partial charge >= 0.3 is 0 Å². The molecule has 0 aromatic heterocycles. The number of guanidine groups is 1. The molecule has 1 rings (SSSR count). The third-order valence-electron chi connectivity index (χ3n) is 3.43. The molecule has 4 nitrogen and oxygen atoms in total. The lowest BCUT2D eigenvalue weighted by molar-refractivity contribution is 0.353. The van der Waals surface area contributed by atoms with Crippen molar-refractivity contribution in [3.05, 3.63) is 35.4 Å². The lowest BCUT2D eigenvalue weighted by atomic mass is 10.1. The highest BCUT2D eigenvalue weighted by Crippen LogP contribution is 2.05. The summed E-state index contributed by atoms with van der Waals surface area (Å²) in [5.41, 5.74) is 2.59. The second-order valence-electron chi connectivity index (χ2n) is 5.21. The van der Waals surface area contributed by atoms with E-state index in [1.807, 2.05) is 7.05 Å². The van der Waals surface area contributed by atoms with E-state index in [0.29, 0.717) is 0 Å². The van der Waals surface area contributed by atoms with Crippen LogP contribution in [-0.2, 0) is 6.54 Å². The quantitative estimate of drug-likeness (QED) is 0.636. The van der Waals surface area contributed by atoms with E-state index >= 15 is 0 Å². The Hall–Kier alpha value is -1.55. The molecule has 4 heteroatoms. The minimum Gasteiger partial charge on any atom is -0.355 e. The number of likely N-dealkylation sites (N-methyl/N-ethyl adjacent to an activating group) is 1. The van der Waals surface area contributed by atoms with Crippen LogP contribution in [0.25, 0.3) is 0 Å². The minimum absolute atomic E-state index is 0.865. The molecule has 1 N–H and O–H groups in total. The van der Waals surface area contributed by atoms with Crippen molar-refractivity contribution in [2.24, 2.45) is 4.99 Å². The number of nitrogens with one attached hydrogen (secondary N) is 1. The predicted molar refractivity (Wildman–Crippen MR) is 87.2 cm³/mol. The molecule has 0 aliphatic carbocycles. The Balaban J connectivity index is 2.46. The van der Waals surface area contributed by atoms with Gasteiger partial charge in [0.1, 0.15) is 0 Å². The van der Waals surface area contributed by atoms with Crippen LogP contribution in [0.4, 0.5) is 0 Å². The molecule has 1 aromatic carbocycles. The lowest BCUT2D eigenvalue weighted by Gasteiger charge is -2.23. The molecule has 0 radical (unpaired) electrons. The summed E-state index contributed by atoms with van der Waals surface area (Å²) in [5.74, 6) is 0.940. The van der Waals surface area contributed by atoms with E-state index in [9.17, 15) is 0 Å². The topological polar surface area (TPSA) is 30.9 Å². The van der Waals surface area contributed by atoms with E-state index in [0.717, 1.165) is 32.1 Å². The van der Waals surface area contributed by atoms with E-state index < -0.39 is 0 Å². The largest absolute Gasteiger partial charge is 0.355 e. The van der Waals surface area contributed by atoms with E-state index in [4.69, 9.17) is 0 Å². The summed E-state index contributed by atoms with van der Waals surface area (Å²) in [6, 6.07) is 8.64. The zero-order valence-corrected chi connectivity index (χ0v) is 13.5. The second-order valence-corrected chi connectivity index (χ2v) is 5.21. The van der Waals surface area contributed by atoms with Crippen LogP contribution in [0.15, 0.2) is 29.3 Å². The van der Waals surface area contributed by atoms with E-state index in [1.165, 1.54) is 11.1 Å². The van der Waals surface area contributed by atoms with Crippen molar-refractivity contribution in [1.82, 2.24) is 15.1 Å². The van der Waals surface area contributed by atoms with Crippen LogP contribution in [0, 0.1) is 6.92 Å². The van der Waals surface area contributed by atoms with Crippen LogP contribution in [-0.4, -0.2) is 56.5 Å². The number of hydrogen-bond acceptors (Lipinski definition) is 2.